The summed E-state index contributed by atoms with van der Waals surface area (Å²) in [7, 11) is 0. The van der Waals surface area contributed by atoms with Crippen LogP contribution in [0.25, 0.3) is 0 Å². The fourth-order valence-electron chi connectivity index (χ4n) is 1.18. The number of hydrogen-bond donors (Lipinski definition) is 1. The van der Waals surface area contributed by atoms with E-state index in [0.717, 1.165) is 9.32 Å². The molecule has 0 radical (unpaired) electrons. The minimum Gasteiger partial charge on any atom is -0.488 e. The third-order valence-corrected chi connectivity index (χ3v) is 2.95. The van der Waals surface area contributed by atoms with Gasteiger partial charge in [0.1, 0.15) is 12.4 Å². The van der Waals surface area contributed by atoms with Gasteiger partial charge in [-0.3, -0.25) is 0 Å². The summed E-state index contributed by atoms with van der Waals surface area (Å²) in [6.45, 7) is 2.10. The highest BCUT2D eigenvalue weighted by atomic mass is 127. The molecule has 0 saturated carbocycles. The fourth-order valence-corrected chi connectivity index (χ4v) is 1.72. The van der Waals surface area contributed by atoms with Crippen LogP contribution in [-0.4, -0.2) is 17.7 Å². The van der Waals surface area contributed by atoms with Gasteiger partial charge < -0.3 is 9.84 Å². The zero-order valence-corrected chi connectivity index (χ0v) is 11.1. The third-order valence-electron chi connectivity index (χ3n) is 2.06. The van der Waals surface area contributed by atoms with Crippen LogP contribution in [0.2, 0.25) is 0 Å². The van der Waals surface area contributed by atoms with E-state index in [-0.39, 0.29) is 6.61 Å². The minimum absolute atomic E-state index is 0.287. The van der Waals surface area contributed by atoms with Crippen molar-refractivity contribution >= 4 is 28.6 Å². The van der Waals surface area contributed by atoms with Crippen molar-refractivity contribution in [2.45, 2.75) is 13.3 Å². The lowest BCUT2D eigenvalue weighted by Gasteiger charge is -2.05. The number of aliphatic carboxylic acids is 1. The maximum absolute atomic E-state index is 10.7. The highest BCUT2D eigenvalue weighted by molar-refractivity contribution is 14.1. The topological polar surface area (TPSA) is 46.5 Å². The second kappa shape index (κ2) is 6.52. The highest BCUT2D eigenvalue weighted by Crippen LogP contribution is 2.19. The number of carbonyl (C=O) groups is 1. The summed E-state index contributed by atoms with van der Waals surface area (Å²) in [5, 5.41) is 8.80. The first kappa shape index (κ1) is 13.0. The van der Waals surface area contributed by atoms with Crippen LogP contribution >= 0.6 is 22.6 Å². The number of benzene rings is 1. The maximum atomic E-state index is 10.7. The van der Waals surface area contributed by atoms with E-state index in [0.29, 0.717) is 12.0 Å². The summed E-state index contributed by atoms with van der Waals surface area (Å²) in [6.07, 6.45) is 2.11. The Labute approximate surface area is 108 Å². The molecule has 0 aliphatic rings. The van der Waals surface area contributed by atoms with Crippen LogP contribution in [0.4, 0.5) is 0 Å². The van der Waals surface area contributed by atoms with Crippen molar-refractivity contribution in [1.29, 1.82) is 0 Å². The average molecular weight is 332 g/mol. The van der Waals surface area contributed by atoms with E-state index in [9.17, 15) is 4.79 Å². The molecule has 0 amide bonds. The second-order valence-electron chi connectivity index (χ2n) is 3.13. The monoisotopic (exact) mass is 332 g/mol. The van der Waals surface area contributed by atoms with Gasteiger partial charge in [-0.2, -0.15) is 0 Å². The van der Waals surface area contributed by atoms with Gasteiger partial charge in [-0.05, 0) is 47.2 Å². The molecule has 4 heteroatoms. The van der Waals surface area contributed by atoms with Crippen molar-refractivity contribution in [3.05, 3.63) is 39.5 Å². The molecule has 0 spiro atoms. The molecule has 1 aromatic carbocycles. The Bertz CT molecular complexity index is 399. The van der Waals surface area contributed by atoms with Gasteiger partial charge in [0.2, 0.25) is 0 Å². The van der Waals surface area contributed by atoms with Crippen molar-refractivity contribution in [2.24, 2.45) is 0 Å². The summed E-state index contributed by atoms with van der Waals surface area (Å²) >= 11 is 2.18. The van der Waals surface area contributed by atoms with E-state index in [1.165, 1.54) is 0 Å². The lowest BCUT2D eigenvalue weighted by atomic mass is 10.2. The van der Waals surface area contributed by atoms with Crippen LogP contribution in [0.15, 0.2) is 35.9 Å². The van der Waals surface area contributed by atoms with Crippen molar-refractivity contribution in [2.75, 3.05) is 6.61 Å². The normalized spacial score (nSPS) is 11.2. The number of halogens is 1. The van der Waals surface area contributed by atoms with E-state index >= 15 is 0 Å². The molecular weight excluding hydrogens is 319 g/mol. The largest absolute Gasteiger partial charge is 0.488 e. The summed E-state index contributed by atoms with van der Waals surface area (Å²) in [6, 6.07) is 7.62. The van der Waals surface area contributed by atoms with E-state index in [1.807, 2.05) is 31.2 Å². The SMILES string of the molecule is CCC(=CCOc1ccccc1I)C(=O)O. The quantitative estimate of drug-likeness (QED) is 0.666. The van der Waals surface area contributed by atoms with E-state index in [2.05, 4.69) is 22.6 Å². The first-order valence-corrected chi connectivity index (χ1v) is 6.02. The van der Waals surface area contributed by atoms with Crippen LogP contribution in [0, 0.1) is 3.57 Å². The Morgan fingerprint density at radius 1 is 1.50 bits per heavy atom. The molecule has 16 heavy (non-hydrogen) atoms. The summed E-state index contributed by atoms with van der Waals surface area (Å²) < 4.78 is 6.49. The number of carboxylic acid groups (broad SMARTS) is 1. The van der Waals surface area contributed by atoms with Crippen LogP contribution in [0.3, 0.4) is 0 Å². The van der Waals surface area contributed by atoms with Crippen molar-refractivity contribution in [3.8, 4) is 5.75 Å². The van der Waals surface area contributed by atoms with Gasteiger partial charge in [0.25, 0.3) is 0 Å². The standard InChI is InChI=1S/C12H13IO3/c1-2-9(12(14)15)7-8-16-11-6-4-3-5-10(11)13/h3-7H,2,8H2,1H3,(H,14,15). The molecule has 86 valence electrons. The van der Waals surface area contributed by atoms with Crippen molar-refractivity contribution < 1.29 is 14.6 Å². The van der Waals surface area contributed by atoms with Crippen LogP contribution in [0.5, 0.6) is 5.75 Å². The summed E-state index contributed by atoms with van der Waals surface area (Å²) in [5.41, 5.74) is 0.380. The van der Waals surface area contributed by atoms with Crippen molar-refractivity contribution in [1.82, 2.24) is 0 Å². The lowest BCUT2D eigenvalue weighted by molar-refractivity contribution is -0.132. The van der Waals surface area contributed by atoms with Gasteiger partial charge in [0.05, 0.1) is 3.57 Å². The number of rotatable bonds is 5. The Kier molecular flexibility index (Phi) is 5.31. The lowest BCUT2D eigenvalue weighted by Crippen LogP contribution is -2.03. The van der Waals surface area contributed by atoms with Crippen LogP contribution < -0.4 is 4.74 Å². The molecular formula is C12H13IO3. The van der Waals surface area contributed by atoms with Gasteiger partial charge in [0, 0.05) is 5.57 Å². The smallest absolute Gasteiger partial charge is 0.331 e. The Balaban J connectivity index is 2.59. The maximum Gasteiger partial charge on any atom is 0.331 e. The Morgan fingerprint density at radius 2 is 2.19 bits per heavy atom. The summed E-state index contributed by atoms with van der Waals surface area (Å²) in [5.74, 6) is -0.103. The third kappa shape index (κ3) is 3.84. The highest BCUT2D eigenvalue weighted by Gasteiger charge is 2.03. The molecule has 3 nitrogen and oxygen atoms in total. The first-order valence-electron chi connectivity index (χ1n) is 4.94. The Hall–Kier alpha value is -1.04. The van der Waals surface area contributed by atoms with Crippen molar-refractivity contribution in [3.63, 3.8) is 0 Å². The van der Waals surface area contributed by atoms with Gasteiger partial charge in [-0.25, -0.2) is 4.79 Å². The number of hydrogen-bond acceptors (Lipinski definition) is 2. The van der Waals surface area contributed by atoms with Gasteiger partial charge >= 0.3 is 5.97 Å². The minimum atomic E-state index is -0.881. The molecule has 0 atom stereocenters. The molecule has 0 unspecified atom stereocenters. The molecule has 0 fully saturated rings. The number of para-hydroxylation sites is 1. The van der Waals surface area contributed by atoms with E-state index in [4.69, 9.17) is 9.84 Å². The van der Waals surface area contributed by atoms with Gasteiger partial charge in [-0.15, -0.1) is 0 Å². The predicted molar refractivity (Wildman–Crippen MR) is 70.7 cm³/mol. The fraction of sp³-hybridized carbons (Fsp3) is 0.250. The Morgan fingerprint density at radius 3 is 2.75 bits per heavy atom. The molecule has 0 saturated heterocycles. The predicted octanol–water partition coefficient (Wildman–Crippen LogP) is 3.09. The molecule has 0 aliphatic carbocycles. The number of ether oxygens (including phenoxy) is 1. The van der Waals surface area contributed by atoms with E-state index in [1.54, 1.807) is 6.08 Å². The van der Waals surface area contributed by atoms with Gasteiger partial charge in [0.15, 0.2) is 0 Å². The molecule has 0 heterocycles. The molecule has 0 aliphatic heterocycles. The molecule has 1 aromatic rings. The zero-order valence-electron chi connectivity index (χ0n) is 8.94. The molecule has 0 aromatic heterocycles. The zero-order chi connectivity index (χ0) is 12.0. The first-order chi connectivity index (χ1) is 7.65. The van der Waals surface area contributed by atoms with Crippen LogP contribution in [0.1, 0.15) is 13.3 Å². The average Bonchev–Trinajstić information content (AvgIpc) is 2.26. The van der Waals surface area contributed by atoms with E-state index < -0.39 is 5.97 Å². The number of carboxylic acids is 1. The van der Waals surface area contributed by atoms with Gasteiger partial charge in [-0.1, -0.05) is 19.1 Å². The molecule has 1 rings (SSSR count). The second-order valence-corrected chi connectivity index (χ2v) is 4.29. The molecule has 0 bridgehead atoms. The molecule has 1 N–H and O–H groups in total. The summed E-state index contributed by atoms with van der Waals surface area (Å²) in [4.78, 5) is 10.7. The van der Waals surface area contributed by atoms with Crippen LogP contribution in [-0.2, 0) is 4.79 Å².